The topological polar surface area (TPSA) is 22.0 Å². The number of aromatic nitrogens is 1. The molecule has 0 atom stereocenters. The number of hydrogen-bond donors (Lipinski definition) is 0. The molecule has 0 saturated heterocycles. The van der Waals surface area contributed by atoms with Crippen LogP contribution in [0, 0.1) is 6.92 Å². The first-order valence-electron chi connectivity index (χ1n) is 8.71. The van der Waals surface area contributed by atoms with E-state index >= 15 is 0 Å². The van der Waals surface area contributed by atoms with E-state index in [4.69, 9.17) is 0 Å². The van der Waals surface area contributed by atoms with Gasteiger partial charge in [0, 0.05) is 40.0 Å². The highest BCUT2D eigenvalue weighted by Gasteiger charge is 2.15. The molecule has 0 N–H and O–H groups in total. The number of benzene rings is 3. The van der Waals surface area contributed by atoms with Gasteiger partial charge in [0.1, 0.15) is 0 Å². The summed E-state index contributed by atoms with van der Waals surface area (Å²) in [7, 11) is 2.08. The highest BCUT2D eigenvalue weighted by atomic mass is 16.1. The van der Waals surface area contributed by atoms with Gasteiger partial charge < -0.3 is 4.57 Å². The van der Waals surface area contributed by atoms with Crippen molar-refractivity contribution >= 4 is 27.6 Å². The van der Waals surface area contributed by atoms with Crippen LogP contribution >= 0.6 is 0 Å². The standard InChI is InChI=1S/C23H21NO/c1-4-16-7-5-6-8-18(16)23(25)17-10-12-22-20(14-17)19-13-15(2)9-11-21(19)24(22)3/h5-14H,4H2,1-3H3. The molecule has 4 rings (SSSR count). The van der Waals surface area contributed by atoms with Gasteiger partial charge in [0.2, 0.25) is 0 Å². The molecular formula is C23H21NO. The first-order valence-corrected chi connectivity index (χ1v) is 8.71. The van der Waals surface area contributed by atoms with E-state index in [9.17, 15) is 4.79 Å². The Balaban J connectivity index is 1.93. The molecule has 0 spiro atoms. The minimum absolute atomic E-state index is 0.101. The monoisotopic (exact) mass is 327 g/mol. The molecule has 4 aromatic rings. The van der Waals surface area contributed by atoms with Crippen molar-refractivity contribution in [2.75, 3.05) is 0 Å². The summed E-state index contributed by atoms with van der Waals surface area (Å²) in [5.41, 5.74) is 6.23. The number of fused-ring (bicyclic) bond motifs is 3. The fourth-order valence-corrected chi connectivity index (χ4v) is 3.68. The van der Waals surface area contributed by atoms with Gasteiger partial charge in [0.05, 0.1) is 0 Å². The van der Waals surface area contributed by atoms with Crippen LogP contribution in [0.5, 0.6) is 0 Å². The average molecular weight is 327 g/mol. The molecule has 1 aromatic heterocycles. The van der Waals surface area contributed by atoms with E-state index in [-0.39, 0.29) is 5.78 Å². The molecule has 0 fully saturated rings. The number of aryl methyl sites for hydroxylation is 3. The zero-order valence-corrected chi connectivity index (χ0v) is 14.8. The van der Waals surface area contributed by atoms with E-state index in [2.05, 4.69) is 49.7 Å². The lowest BCUT2D eigenvalue weighted by molar-refractivity contribution is 0.103. The first-order chi connectivity index (χ1) is 12.1. The van der Waals surface area contributed by atoms with Gasteiger partial charge in [0.25, 0.3) is 0 Å². The number of hydrogen-bond acceptors (Lipinski definition) is 1. The van der Waals surface area contributed by atoms with Gasteiger partial charge in [-0.1, -0.05) is 42.8 Å². The first kappa shape index (κ1) is 15.6. The van der Waals surface area contributed by atoms with E-state index in [1.165, 1.54) is 16.5 Å². The van der Waals surface area contributed by atoms with Crippen LogP contribution in [0.2, 0.25) is 0 Å². The number of ketones is 1. The predicted molar refractivity (Wildman–Crippen MR) is 104 cm³/mol. The molecule has 0 aliphatic heterocycles. The van der Waals surface area contributed by atoms with Gasteiger partial charge in [-0.2, -0.15) is 0 Å². The largest absolute Gasteiger partial charge is 0.344 e. The summed E-state index contributed by atoms with van der Waals surface area (Å²) in [5, 5.41) is 2.34. The Kier molecular flexibility index (Phi) is 3.69. The van der Waals surface area contributed by atoms with Crippen LogP contribution in [0.3, 0.4) is 0 Å². The molecule has 25 heavy (non-hydrogen) atoms. The maximum Gasteiger partial charge on any atom is 0.193 e. The summed E-state index contributed by atoms with van der Waals surface area (Å²) >= 11 is 0. The molecular weight excluding hydrogens is 306 g/mol. The van der Waals surface area contributed by atoms with Crippen molar-refractivity contribution in [1.29, 1.82) is 0 Å². The SMILES string of the molecule is CCc1ccccc1C(=O)c1ccc2c(c1)c1cc(C)ccc1n2C. The van der Waals surface area contributed by atoms with E-state index in [1.807, 2.05) is 36.4 Å². The number of rotatable bonds is 3. The second-order valence-electron chi connectivity index (χ2n) is 6.65. The van der Waals surface area contributed by atoms with Gasteiger partial charge >= 0.3 is 0 Å². The fraction of sp³-hybridized carbons (Fsp3) is 0.174. The van der Waals surface area contributed by atoms with E-state index in [1.54, 1.807) is 0 Å². The molecule has 0 radical (unpaired) electrons. The van der Waals surface area contributed by atoms with Gasteiger partial charge in [-0.3, -0.25) is 4.79 Å². The minimum atomic E-state index is 0.101. The summed E-state index contributed by atoms with van der Waals surface area (Å²) in [6.45, 7) is 4.19. The maximum atomic E-state index is 13.1. The fourth-order valence-electron chi connectivity index (χ4n) is 3.68. The van der Waals surface area contributed by atoms with Crippen molar-refractivity contribution in [2.24, 2.45) is 7.05 Å². The summed E-state index contributed by atoms with van der Waals surface area (Å²) in [5.74, 6) is 0.101. The summed E-state index contributed by atoms with van der Waals surface area (Å²) in [4.78, 5) is 13.1. The molecule has 0 amide bonds. The van der Waals surface area contributed by atoms with Gasteiger partial charge in [-0.05, 0) is 49.2 Å². The van der Waals surface area contributed by atoms with Crippen molar-refractivity contribution in [3.63, 3.8) is 0 Å². The van der Waals surface area contributed by atoms with Crippen LogP contribution in [-0.2, 0) is 13.5 Å². The molecule has 2 nitrogen and oxygen atoms in total. The van der Waals surface area contributed by atoms with Crippen molar-refractivity contribution in [1.82, 2.24) is 4.57 Å². The Bertz CT molecular complexity index is 1120. The molecule has 3 aromatic carbocycles. The Hall–Kier alpha value is -2.87. The predicted octanol–water partition coefficient (Wildman–Crippen LogP) is 5.43. The Morgan fingerprint density at radius 1 is 0.920 bits per heavy atom. The van der Waals surface area contributed by atoms with Gasteiger partial charge in [-0.25, -0.2) is 0 Å². The third kappa shape index (κ3) is 2.45. The number of carbonyl (C=O) groups excluding carboxylic acids is 1. The Labute approximate surface area is 147 Å². The normalized spacial score (nSPS) is 11.3. The van der Waals surface area contributed by atoms with Crippen molar-refractivity contribution in [3.8, 4) is 0 Å². The van der Waals surface area contributed by atoms with Gasteiger partial charge in [-0.15, -0.1) is 0 Å². The molecule has 0 bridgehead atoms. The second kappa shape index (κ2) is 5.89. The third-order valence-electron chi connectivity index (χ3n) is 5.07. The lowest BCUT2D eigenvalue weighted by Gasteiger charge is -2.07. The maximum absolute atomic E-state index is 13.1. The molecule has 124 valence electrons. The summed E-state index contributed by atoms with van der Waals surface area (Å²) in [6, 6.07) is 20.4. The lowest BCUT2D eigenvalue weighted by atomic mass is 9.96. The van der Waals surface area contributed by atoms with E-state index in [0.29, 0.717) is 0 Å². The Morgan fingerprint density at radius 2 is 1.60 bits per heavy atom. The number of nitrogens with zero attached hydrogens (tertiary/aromatic N) is 1. The zero-order valence-electron chi connectivity index (χ0n) is 14.8. The van der Waals surface area contributed by atoms with Crippen LogP contribution in [0.15, 0.2) is 60.7 Å². The third-order valence-corrected chi connectivity index (χ3v) is 5.07. The minimum Gasteiger partial charge on any atom is -0.344 e. The van der Waals surface area contributed by atoms with E-state index < -0.39 is 0 Å². The number of carbonyl (C=O) groups is 1. The molecule has 0 saturated carbocycles. The van der Waals surface area contributed by atoms with Gasteiger partial charge in [0.15, 0.2) is 5.78 Å². The molecule has 0 unspecified atom stereocenters. The van der Waals surface area contributed by atoms with Crippen LogP contribution in [0.25, 0.3) is 21.8 Å². The molecule has 0 aliphatic carbocycles. The van der Waals surface area contributed by atoms with Crippen LogP contribution in [0.1, 0.15) is 34.0 Å². The Morgan fingerprint density at radius 3 is 2.36 bits per heavy atom. The smallest absolute Gasteiger partial charge is 0.193 e. The molecule has 0 aliphatic rings. The zero-order chi connectivity index (χ0) is 17.6. The van der Waals surface area contributed by atoms with Crippen LogP contribution in [-0.4, -0.2) is 10.4 Å². The molecule has 2 heteroatoms. The summed E-state index contributed by atoms with van der Waals surface area (Å²) < 4.78 is 2.19. The highest BCUT2D eigenvalue weighted by Crippen LogP contribution is 2.30. The van der Waals surface area contributed by atoms with Crippen LogP contribution < -0.4 is 0 Å². The van der Waals surface area contributed by atoms with Crippen molar-refractivity contribution < 1.29 is 4.79 Å². The highest BCUT2D eigenvalue weighted by molar-refractivity contribution is 6.15. The average Bonchev–Trinajstić information content (AvgIpc) is 2.92. The second-order valence-corrected chi connectivity index (χ2v) is 6.65. The summed E-state index contributed by atoms with van der Waals surface area (Å²) in [6.07, 6.45) is 0.859. The quantitative estimate of drug-likeness (QED) is 0.460. The van der Waals surface area contributed by atoms with Crippen molar-refractivity contribution in [2.45, 2.75) is 20.3 Å². The molecule has 1 heterocycles. The van der Waals surface area contributed by atoms with Crippen LogP contribution in [0.4, 0.5) is 0 Å². The lowest BCUT2D eigenvalue weighted by Crippen LogP contribution is -2.04. The van der Waals surface area contributed by atoms with E-state index in [0.717, 1.165) is 34.0 Å². The van der Waals surface area contributed by atoms with Crippen molar-refractivity contribution in [3.05, 3.63) is 82.9 Å².